The Kier molecular flexibility index (Phi) is 8.17. The molecule has 1 amide bonds. The zero-order chi connectivity index (χ0) is 34.1. The van der Waals surface area contributed by atoms with Gasteiger partial charge in [0.25, 0.3) is 0 Å². The number of aromatic nitrogens is 2. The van der Waals surface area contributed by atoms with E-state index < -0.39 is 23.3 Å². The maximum Gasteiger partial charge on any atom is 0.319 e. The Bertz CT molecular complexity index is 2040. The molecule has 3 aliphatic heterocycles. The molecule has 2 aromatic carbocycles. The van der Waals surface area contributed by atoms with Crippen LogP contribution in [0.25, 0.3) is 37.0 Å². The number of nitrogens with two attached hydrogens (primary N) is 1. The second-order valence-electron chi connectivity index (χ2n) is 12.8. The van der Waals surface area contributed by atoms with Crippen LogP contribution in [0.15, 0.2) is 30.9 Å². The van der Waals surface area contributed by atoms with Gasteiger partial charge in [-0.1, -0.05) is 24.2 Å². The molecule has 0 radical (unpaired) electrons. The fourth-order valence-electron chi connectivity index (χ4n) is 7.91. The van der Waals surface area contributed by atoms with E-state index in [1.807, 2.05) is 18.9 Å². The van der Waals surface area contributed by atoms with Crippen LogP contribution >= 0.6 is 22.9 Å². The van der Waals surface area contributed by atoms with Crippen LogP contribution in [0.1, 0.15) is 32.6 Å². The second kappa shape index (κ2) is 12.1. The van der Waals surface area contributed by atoms with Crippen molar-refractivity contribution in [3.05, 3.63) is 58.9 Å². The first-order valence-corrected chi connectivity index (χ1v) is 16.9. The highest BCUT2D eigenvalue weighted by molar-refractivity contribution is 7.23. The molecular weight excluding hydrogens is 663 g/mol. The topological polar surface area (TPSA) is 92.2 Å². The van der Waals surface area contributed by atoms with E-state index in [2.05, 4.69) is 21.3 Å². The first kappa shape index (κ1) is 32.4. The summed E-state index contributed by atoms with van der Waals surface area (Å²) in [4.78, 5) is 31.1. The lowest BCUT2D eigenvalue weighted by atomic mass is 9.95. The summed E-state index contributed by atoms with van der Waals surface area (Å²) in [6.45, 7) is 15.0. The molecule has 14 heteroatoms. The molecule has 0 saturated carbocycles. The number of likely N-dealkylation sites (tertiary alicyclic amines) is 1. The number of carbonyl (C=O) groups excluding carboxylic acids is 1. The molecule has 0 aliphatic carbocycles. The third-order valence-corrected chi connectivity index (χ3v) is 11.6. The summed E-state index contributed by atoms with van der Waals surface area (Å²) in [5.74, 6) is -1.23. The normalized spacial score (nSPS) is 23.9. The molecule has 0 spiro atoms. The van der Waals surface area contributed by atoms with Crippen LogP contribution in [0.4, 0.5) is 29.7 Å². The minimum absolute atomic E-state index is 0.00360. The summed E-state index contributed by atoms with van der Waals surface area (Å²) < 4.78 is 52.8. The Morgan fingerprint density at radius 2 is 2.15 bits per heavy atom. The quantitative estimate of drug-likeness (QED) is 0.162. The Balaban J connectivity index is 1.38. The molecule has 3 saturated heterocycles. The van der Waals surface area contributed by atoms with E-state index >= 15 is 4.39 Å². The summed E-state index contributed by atoms with van der Waals surface area (Å²) in [5.41, 5.74) is 5.64. The van der Waals surface area contributed by atoms with Gasteiger partial charge in [-0.2, -0.15) is 9.97 Å². The van der Waals surface area contributed by atoms with Crippen molar-refractivity contribution in [2.75, 3.05) is 43.9 Å². The molecule has 0 bridgehead atoms. The number of nitrogens with zero attached hydrogens (tertiary/aromatic N) is 6. The molecule has 7 rings (SSSR count). The average Bonchev–Trinajstić information content (AvgIpc) is 3.81. The lowest BCUT2D eigenvalue weighted by Crippen LogP contribution is -2.44. The summed E-state index contributed by atoms with van der Waals surface area (Å²) in [7, 11) is 1.82. The molecule has 9 nitrogen and oxygen atoms in total. The fourth-order valence-corrected chi connectivity index (χ4v) is 9.14. The van der Waals surface area contributed by atoms with E-state index in [0.717, 1.165) is 30.7 Å². The summed E-state index contributed by atoms with van der Waals surface area (Å²) in [6, 6.07) is 3.63. The van der Waals surface area contributed by atoms with Crippen LogP contribution in [0.5, 0.6) is 6.01 Å². The number of carbonyl (C=O) groups is 1. The highest BCUT2D eigenvalue weighted by Gasteiger charge is 2.49. The smallest absolute Gasteiger partial charge is 0.319 e. The van der Waals surface area contributed by atoms with E-state index in [1.54, 1.807) is 11.0 Å². The standard InChI is InChI=1S/C34H33ClF3N7O2S/c1-5-24(46)45-12-9-23(17(45)2)43(4)32-20-13-21(35)25(19-7-8-22(37)30-26(19)29(40-3)31(39)48-30)27(38)28(20)41-33(42-32)47-16-34-10-6-11-44(34)15-18(36)14-34/h5,7-8,13,17-18,23H,1,6,9-12,14-16,39H2,2,4H3. The van der Waals surface area contributed by atoms with Gasteiger partial charge in [-0.3, -0.25) is 9.69 Å². The second-order valence-corrected chi connectivity index (χ2v) is 14.3. The Hall–Kier alpha value is -4.12. The van der Waals surface area contributed by atoms with Gasteiger partial charge >= 0.3 is 6.01 Å². The van der Waals surface area contributed by atoms with Crippen molar-refractivity contribution >= 4 is 66.3 Å². The first-order chi connectivity index (χ1) is 23.0. The van der Waals surface area contributed by atoms with Crippen LogP contribution in [0.2, 0.25) is 5.02 Å². The van der Waals surface area contributed by atoms with Crippen LogP contribution < -0.4 is 15.4 Å². The lowest BCUT2D eigenvalue weighted by molar-refractivity contribution is -0.126. The predicted molar refractivity (Wildman–Crippen MR) is 183 cm³/mol. The maximum atomic E-state index is 17.0. The molecule has 4 aromatic rings. The number of fused-ring (bicyclic) bond motifs is 3. The number of hydrogen-bond donors (Lipinski definition) is 1. The monoisotopic (exact) mass is 695 g/mol. The number of hydrogen-bond acceptors (Lipinski definition) is 8. The molecule has 250 valence electrons. The molecular formula is C34H33ClF3N7O2S. The first-order valence-electron chi connectivity index (χ1n) is 15.7. The molecule has 3 fully saturated rings. The largest absolute Gasteiger partial charge is 0.461 e. The van der Waals surface area contributed by atoms with Crippen LogP contribution in [0, 0.1) is 18.2 Å². The van der Waals surface area contributed by atoms with Gasteiger partial charge in [0.05, 0.1) is 32.9 Å². The number of nitrogen functional groups attached to an aromatic ring is 1. The number of halogens is 4. The number of anilines is 2. The number of likely N-dealkylation sites (N-methyl/N-ethyl adjacent to an activating group) is 1. The van der Waals surface area contributed by atoms with Gasteiger partial charge in [0, 0.05) is 48.9 Å². The van der Waals surface area contributed by atoms with Crippen LogP contribution in [0.3, 0.4) is 0 Å². The summed E-state index contributed by atoms with van der Waals surface area (Å²) in [6.07, 6.45) is 2.97. The number of alkyl halides is 1. The van der Waals surface area contributed by atoms with E-state index in [-0.39, 0.29) is 73.0 Å². The molecule has 4 unspecified atom stereocenters. The number of thiophene rings is 1. The minimum atomic E-state index is -0.959. The van der Waals surface area contributed by atoms with Gasteiger partial charge in [-0.15, -0.1) is 11.3 Å². The molecule has 2 aromatic heterocycles. The van der Waals surface area contributed by atoms with Gasteiger partial charge in [0.2, 0.25) is 11.6 Å². The molecule has 3 aliphatic rings. The highest BCUT2D eigenvalue weighted by atomic mass is 35.5. The van der Waals surface area contributed by atoms with Crippen molar-refractivity contribution < 1.29 is 22.7 Å². The predicted octanol–water partition coefficient (Wildman–Crippen LogP) is 7.14. The zero-order valence-corrected chi connectivity index (χ0v) is 28.0. The SMILES string of the molecule is [C-]#[N+]c1c(N)sc2c(F)ccc(-c3c(Cl)cc4c(N(C)C5CCN(C(=O)C=C)C5C)nc(OCC56CCCN5CC(F)C6)nc4c3F)c12. The van der Waals surface area contributed by atoms with Crippen molar-refractivity contribution in [2.24, 2.45) is 0 Å². The summed E-state index contributed by atoms with van der Waals surface area (Å²) in [5, 5.41) is 0.590. The van der Waals surface area contributed by atoms with Gasteiger partial charge in [-0.25, -0.2) is 18.0 Å². The van der Waals surface area contributed by atoms with Crippen molar-refractivity contribution in [3.63, 3.8) is 0 Å². The lowest BCUT2D eigenvalue weighted by Gasteiger charge is -2.33. The maximum absolute atomic E-state index is 17.0. The summed E-state index contributed by atoms with van der Waals surface area (Å²) >= 11 is 7.76. The number of ether oxygens (including phenoxy) is 1. The molecule has 2 N–H and O–H groups in total. The van der Waals surface area contributed by atoms with Crippen molar-refractivity contribution in [1.82, 2.24) is 19.8 Å². The number of rotatable bonds is 7. The van der Waals surface area contributed by atoms with Crippen molar-refractivity contribution in [3.8, 4) is 17.1 Å². The van der Waals surface area contributed by atoms with Gasteiger partial charge in [0.1, 0.15) is 29.9 Å². The van der Waals surface area contributed by atoms with E-state index in [9.17, 15) is 13.6 Å². The van der Waals surface area contributed by atoms with E-state index in [0.29, 0.717) is 37.1 Å². The van der Waals surface area contributed by atoms with Gasteiger partial charge < -0.3 is 20.3 Å². The molecule has 4 atom stereocenters. The van der Waals surface area contributed by atoms with E-state index in [4.69, 9.17) is 33.6 Å². The van der Waals surface area contributed by atoms with Gasteiger partial charge in [-0.05, 0) is 56.5 Å². The Morgan fingerprint density at radius 3 is 2.90 bits per heavy atom. The third kappa shape index (κ3) is 5.04. The van der Waals surface area contributed by atoms with Gasteiger partial charge in [0.15, 0.2) is 5.82 Å². The van der Waals surface area contributed by atoms with Crippen molar-refractivity contribution in [1.29, 1.82) is 0 Å². The fraction of sp³-hybridized carbons (Fsp3) is 0.412. The van der Waals surface area contributed by atoms with Crippen LogP contribution in [-0.4, -0.2) is 82.8 Å². The Morgan fingerprint density at radius 1 is 1.35 bits per heavy atom. The van der Waals surface area contributed by atoms with Crippen molar-refractivity contribution in [2.45, 2.75) is 56.4 Å². The molecule has 5 heterocycles. The molecule has 48 heavy (non-hydrogen) atoms. The van der Waals surface area contributed by atoms with E-state index in [1.165, 1.54) is 18.2 Å². The average molecular weight is 696 g/mol. The van der Waals surface area contributed by atoms with Crippen LogP contribution in [-0.2, 0) is 4.79 Å². The number of benzene rings is 2. The minimum Gasteiger partial charge on any atom is -0.461 e. The highest BCUT2D eigenvalue weighted by Crippen LogP contribution is 2.49. The third-order valence-electron chi connectivity index (χ3n) is 10.2. The zero-order valence-electron chi connectivity index (χ0n) is 26.4. The Labute approximate surface area is 284 Å². The number of amides is 1.